The van der Waals surface area contributed by atoms with Gasteiger partial charge in [-0.25, -0.2) is 0 Å². The number of nitrogens with one attached hydrogen (secondary N) is 1. The third kappa shape index (κ3) is 2.09. The molecule has 1 unspecified atom stereocenters. The lowest BCUT2D eigenvalue weighted by molar-refractivity contribution is -0.110. The molecule has 0 aromatic carbocycles. The minimum Gasteiger partial charge on any atom is -0.319 e. The number of hydrogen-bond donors (Lipinski definition) is 1. The Kier molecular flexibility index (Phi) is 3.74. The molecule has 2 nitrogen and oxygen atoms in total. The third-order valence-corrected chi connectivity index (χ3v) is 3.52. The molecule has 4 heteroatoms. The van der Waals surface area contributed by atoms with Crippen molar-refractivity contribution < 1.29 is 4.79 Å². The molecule has 1 rings (SSSR count). The van der Waals surface area contributed by atoms with Gasteiger partial charge in [-0.15, -0.1) is 0 Å². The second kappa shape index (κ2) is 4.39. The van der Waals surface area contributed by atoms with Gasteiger partial charge in [0.25, 0.3) is 0 Å². The van der Waals surface area contributed by atoms with Crippen LogP contribution in [0.5, 0.6) is 0 Å². The number of rotatable bonds is 3. The van der Waals surface area contributed by atoms with Crippen LogP contribution in [0.4, 0.5) is 0 Å². The second-order valence-corrected chi connectivity index (χ2v) is 4.37. The van der Waals surface area contributed by atoms with Gasteiger partial charge in [0.05, 0.1) is 0 Å². The Morgan fingerprint density at radius 1 is 1.83 bits per heavy atom. The highest BCUT2D eigenvalue weighted by molar-refractivity contribution is 14.1. The fraction of sp³-hybridized carbons (Fsp3) is 0.750. The summed E-state index contributed by atoms with van der Waals surface area (Å²) in [6, 6.07) is 0. The van der Waals surface area contributed by atoms with Crippen molar-refractivity contribution in [2.45, 2.75) is 25.5 Å². The van der Waals surface area contributed by atoms with Gasteiger partial charge in [0, 0.05) is 10.3 Å². The molecule has 0 aromatic heterocycles. The molecule has 0 radical (unpaired) electrons. The maximum atomic E-state index is 10.5. The van der Waals surface area contributed by atoms with E-state index < -0.39 is 0 Å². The molecule has 1 heterocycles. The second-order valence-electron chi connectivity index (χ2n) is 3.61. The average molecular weight is 277 g/mol. The molecule has 0 bridgehead atoms. The maximum Gasteiger partial charge on any atom is 0.198 e. The zero-order valence-corrected chi connectivity index (χ0v) is 9.37. The Hall–Kier alpha value is 0.135. The molecule has 0 spiro atoms. The highest BCUT2D eigenvalue weighted by atomic mass is 127. The Morgan fingerprint density at radius 3 is 2.92 bits per heavy atom. The van der Waals surface area contributed by atoms with Gasteiger partial charge in [0.15, 0.2) is 6.71 Å². The molecule has 66 valence electrons. The number of hydrogen-bond acceptors (Lipinski definition) is 2. The lowest BCUT2D eigenvalue weighted by Gasteiger charge is -2.09. The van der Waals surface area contributed by atoms with Crippen molar-refractivity contribution in [3.8, 4) is 0 Å². The summed E-state index contributed by atoms with van der Waals surface area (Å²) in [6.07, 6.45) is 2.94. The first-order valence-corrected chi connectivity index (χ1v) is 5.80. The number of carbonyl (C=O) groups excluding carboxylic acids is 1. The highest BCUT2D eigenvalue weighted by Crippen LogP contribution is 2.34. The van der Waals surface area contributed by atoms with Crippen LogP contribution in [0.25, 0.3) is 0 Å². The van der Waals surface area contributed by atoms with Crippen molar-refractivity contribution in [3.63, 3.8) is 0 Å². The monoisotopic (exact) mass is 277 g/mol. The SMILES string of the molecule is C[C@H]1CC(C=O)CB1C(=N)CI. The van der Waals surface area contributed by atoms with Gasteiger partial charge in [-0.05, 0) is 12.0 Å². The largest absolute Gasteiger partial charge is 0.319 e. The minimum atomic E-state index is 0.216. The summed E-state index contributed by atoms with van der Waals surface area (Å²) in [4.78, 5) is 10.5. The van der Waals surface area contributed by atoms with Crippen LogP contribution in [-0.4, -0.2) is 23.0 Å². The molecule has 2 atom stereocenters. The molecule has 1 saturated heterocycles. The minimum absolute atomic E-state index is 0.216. The van der Waals surface area contributed by atoms with Crippen molar-refractivity contribution in [1.29, 1.82) is 5.41 Å². The lowest BCUT2D eigenvalue weighted by Crippen LogP contribution is -2.26. The fourth-order valence-corrected chi connectivity index (χ4v) is 2.56. The van der Waals surface area contributed by atoms with Crippen LogP contribution < -0.4 is 0 Å². The predicted octanol–water partition coefficient (Wildman–Crippen LogP) is 2.08. The van der Waals surface area contributed by atoms with E-state index in [1.165, 1.54) is 0 Å². The van der Waals surface area contributed by atoms with Crippen molar-refractivity contribution >= 4 is 41.2 Å². The zero-order valence-electron chi connectivity index (χ0n) is 7.22. The van der Waals surface area contributed by atoms with Crippen LogP contribution >= 0.6 is 22.6 Å². The number of aldehydes is 1. The Bertz CT molecular complexity index is 197. The molecule has 12 heavy (non-hydrogen) atoms. The van der Waals surface area contributed by atoms with Gasteiger partial charge in [0.2, 0.25) is 0 Å². The molecule has 1 fully saturated rings. The Labute approximate surface area is 87.2 Å². The molecular formula is C8H13BINO. The van der Waals surface area contributed by atoms with Crippen LogP contribution in [0.2, 0.25) is 12.1 Å². The van der Waals surface area contributed by atoms with E-state index in [0.717, 1.165) is 29.1 Å². The Morgan fingerprint density at radius 2 is 2.50 bits per heavy atom. The van der Waals surface area contributed by atoms with Gasteiger partial charge in [-0.2, -0.15) is 0 Å². The van der Waals surface area contributed by atoms with E-state index in [9.17, 15) is 4.79 Å². The van der Waals surface area contributed by atoms with E-state index in [1.807, 2.05) is 0 Å². The number of halogens is 1. The quantitative estimate of drug-likeness (QED) is 0.277. The topological polar surface area (TPSA) is 40.9 Å². The number of alkyl halides is 1. The molecule has 0 amide bonds. The van der Waals surface area contributed by atoms with Crippen molar-refractivity contribution in [1.82, 2.24) is 0 Å². The van der Waals surface area contributed by atoms with E-state index >= 15 is 0 Å². The van der Waals surface area contributed by atoms with E-state index in [1.54, 1.807) is 0 Å². The smallest absolute Gasteiger partial charge is 0.198 e. The fourth-order valence-electron chi connectivity index (χ4n) is 1.99. The highest BCUT2D eigenvalue weighted by Gasteiger charge is 2.36. The van der Waals surface area contributed by atoms with Crippen molar-refractivity contribution in [3.05, 3.63) is 0 Å². The van der Waals surface area contributed by atoms with Crippen LogP contribution in [0.3, 0.4) is 0 Å². The molecule has 1 aliphatic rings. The van der Waals surface area contributed by atoms with Gasteiger partial charge in [-0.1, -0.05) is 41.7 Å². The van der Waals surface area contributed by atoms with Crippen LogP contribution in [0, 0.1) is 11.3 Å². The van der Waals surface area contributed by atoms with E-state index in [4.69, 9.17) is 5.41 Å². The van der Waals surface area contributed by atoms with E-state index in [-0.39, 0.29) is 5.92 Å². The summed E-state index contributed by atoms with van der Waals surface area (Å²) in [6.45, 7) is 2.52. The summed E-state index contributed by atoms with van der Waals surface area (Å²) >= 11 is 2.22. The molecule has 0 aromatic rings. The molecule has 0 aliphatic carbocycles. The molecule has 1 aliphatic heterocycles. The summed E-state index contributed by atoms with van der Waals surface area (Å²) in [5.41, 5.74) is 0.812. The average Bonchev–Trinajstić information content (AvgIpc) is 2.45. The molecule has 1 N–H and O–H groups in total. The summed E-state index contributed by atoms with van der Waals surface area (Å²) in [7, 11) is 0. The van der Waals surface area contributed by atoms with Gasteiger partial charge < -0.3 is 10.2 Å². The molecule has 0 saturated carbocycles. The standard InChI is InChI=1S/C8H13BINO/c1-6-2-7(5-12)3-9(6)8(11)4-10/h5-7,11H,2-4H2,1H3/t6-,7?/m0/s1. The predicted molar refractivity (Wildman–Crippen MR) is 60.8 cm³/mol. The summed E-state index contributed by atoms with van der Waals surface area (Å²) in [5.74, 6) is 0.746. The number of carbonyl (C=O) groups is 1. The summed E-state index contributed by atoms with van der Waals surface area (Å²) in [5, 5.41) is 7.71. The van der Waals surface area contributed by atoms with E-state index in [2.05, 4.69) is 29.5 Å². The van der Waals surface area contributed by atoms with Gasteiger partial charge in [0.1, 0.15) is 6.29 Å². The van der Waals surface area contributed by atoms with Gasteiger partial charge in [-0.3, -0.25) is 0 Å². The maximum absolute atomic E-state index is 10.5. The van der Waals surface area contributed by atoms with E-state index in [0.29, 0.717) is 12.5 Å². The first kappa shape index (κ1) is 10.2. The first-order chi connectivity index (χ1) is 5.69. The lowest BCUT2D eigenvalue weighted by atomic mass is 9.40. The normalized spacial score (nSPS) is 29.0. The van der Waals surface area contributed by atoms with Gasteiger partial charge >= 0.3 is 0 Å². The zero-order chi connectivity index (χ0) is 9.14. The Balaban J connectivity index is 2.57. The third-order valence-electron chi connectivity index (χ3n) is 2.70. The summed E-state index contributed by atoms with van der Waals surface area (Å²) < 4.78 is 0.804. The van der Waals surface area contributed by atoms with Crippen LogP contribution in [0.1, 0.15) is 13.3 Å². The van der Waals surface area contributed by atoms with Crippen molar-refractivity contribution in [2.75, 3.05) is 4.43 Å². The van der Waals surface area contributed by atoms with Crippen molar-refractivity contribution in [2.24, 2.45) is 5.92 Å². The van der Waals surface area contributed by atoms with Crippen LogP contribution in [0.15, 0.2) is 0 Å². The van der Waals surface area contributed by atoms with Crippen LogP contribution in [-0.2, 0) is 4.79 Å². The first-order valence-electron chi connectivity index (χ1n) is 4.27. The molecular weight excluding hydrogens is 264 g/mol.